The first-order chi connectivity index (χ1) is 6.20. The van der Waals surface area contributed by atoms with Crippen molar-refractivity contribution >= 4 is 11.6 Å². The van der Waals surface area contributed by atoms with E-state index in [2.05, 4.69) is 16.5 Å². The highest BCUT2D eigenvalue weighted by molar-refractivity contribution is 6.30. The maximum absolute atomic E-state index is 6.01. The molecule has 1 aromatic rings. The molecule has 2 nitrogen and oxygen atoms in total. The maximum Gasteiger partial charge on any atom is 0.136 e. The SMILES string of the molecule is C=CC1Cc2nc(C)nc(Cl)c2C1. The van der Waals surface area contributed by atoms with E-state index in [4.69, 9.17) is 11.6 Å². The Hall–Kier alpha value is -0.890. The van der Waals surface area contributed by atoms with Gasteiger partial charge in [-0.2, -0.15) is 0 Å². The molecule has 0 radical (unpaired) electrons. The van der Waals surface area contributed by atoms with Crippen LogP contribution in [0.25, 0.3) is 0 Å². The number of nitrogens with zero attached hydrogens (tertiary/aromatic N) is 2. The minimum absolute atomic E-state index is 0.489. The molecule has 13 heavy (non-hydrogen) atoms. The lowest BCUT2D eigenvalue weighted by molar-refractivity contribution is 0.700. The molecule has 68 valence electrons. The largest absolute Gasteiger partial charge is 0.238 e. The zero-order valence-corrected chi connectivity index (χ0v) is 8.30. The summed E-state index contributed by atoms with van der Waals surface area (Å²) in [6.07, 6.45) is 3.87. The Morgan fingerprint density at radius 2 is 2.23 bits per heavy atom. The van der Waals surface area contributed by atoms with Crippen LogP contribution in [0.4, 0.5) is 0 Å². The van der Waals surface area contributed by atoms with Crippen molar-refractivity contribution in [1.82, 2.24) is 9.97 Å². The number of fused-ring (bicyclic) bond motifs is 1. The van der Waals surface area contributed by atoms with E-state index in [0.29, 0.717) is 11.1 Å². The summed E-state index contributed by atoms with van der Waals surface area (Å²) in [7, 11) is 0. The number of aromatic nitrogens is 2. The molecule has 2 rings (SSSR count). The molecule has 3 heteroatoms. The second-order valence-corrected chi connectivity index (χ2v) is 3.75. The van der Waals surface area contributed by atoms with Crippen molar-refractivity contribution < 1.29 is 0 Å². The lowest BCUT2D eigenvalue weighted by Gasteiger charge is -2.00. The van der Waals surface area contributed by atoms with Crippen molar-refractivity contribution in [3.63, 3.8) is 0 Å². The fraction of sp³-hybridized carbons (Fsp3) is 0.400. The average molecular weight is 195 g/mol. The minimum Gasteiger partial charge on any atom is -0.238 e. The van der Waals surface area contributed by atoms with Crippen molar-refractivity contribution in [3.8, 4) is 0 Å². The Morgan fingerprint density at radius 3 is 2.92 bits per heavy atom. The number of hydrogen-bond donors (Lipinski definition) is 0. The van der Waals surface area contributed by atoms with E-state index in [9.17, 15) is 0 Å². The number of hydrogen-bond acceptors (Lipinski definition) is 2. The van der Waals surface area contributed by atoms with Gasteiger partial charge in [-0.05, 0) is 25.7 Å². The first-order valence-electron chi connectivity index (χ1n) is 4.35. The number of halogens is 1. The molecule has 0 N–H and O–H groups in total. The molecule has 1 aliphatic rings. The van der Waals surface area contributed by atoms with Gasteiger partial charge in [-0.15, -0.1) is 6.58 Å². The fourth-order valence-corrected chi connectivity index (χ4v) is 2.05. The number of allylic oxidation sites excluding steroid dienone is 1. The topological polar surface area (TPSA) is 25.8 Å². The van der Waals surface area contributed by atoms with Gasteiger partial charge in [-0.1, -0.05) is 17.7 Å². The summed E-state index contributed by atoms with van der Waals surface area (Å²) in [5.41, 5.74) is 2.21. The molecule has 1 heterocycles. The van der Waals surface area contributed by atoms with Gasteiger partial charge in [0.05, 0.1) is 0 Å². The summed E-state index contributed by atoms with van der Waals surface area (Å²) in [5.74, 6) is 1.25. The lowest BCUT2D eigenvalue weighted by atomic mass is 10.1. The van der Waals surface area contributed by atoms with Gasteiger partial charge in [0, 0.05) is 11.3 Å². The van der Waals surface area contributed by atoms with Crippen LogP contribution in [0.1, 0.15) is 17.1 Å². The van der Waals surface area contributed by atoms with Crippen molar-refractivity contribution in [2.24, 2.45) is 5.92 Å². The van der Waals surface area contributed by atoms with Crippen LogP contribution in [-0.4, -0.2) is 9.97 Å². The van der Waals surface area contributed by atoms with Crippen molar-refractivity contribution in [2.45, 2.75) is 19.8 Å². The molecule has 0 saturated heterocycles. The first kappa shape index (κ1) is 8.70. The van der Waals surface area contributed by atoms with Crippen LogP contribution >= 0.6 is 11.6 Å². The summed E-state index contributed by atoms with van der Waals surface area (Å²) in [5, 5.41) is 0.617. The molecule has 0 aliphatic heterocycles. The van der Waals surface area contributed by atoms with Gasteiger partial charge < -0.3 is 0 Å². The van der Waals surface area contributed by atoms with Crippen LogP contribution in [0.5, 0.6) is 0 Å². The Balaban J connectivity index is 2.45. The quantitative estimate of drug-likeness (QED) is 0.507. The summed E-state index contributed by atoms with van der Waals surface area (Å²) in [6, 6.07) is 0. The molecular formula is C10H11ClN2. The third-order valence-corrected chi connectivity index (χ3v) is 2.72. The second-order valence-electron chi connectivity index (χ2n) is 3.39. The van der Waals surface area contributed by atoms with Gasteiger partial charge >= 0.3 is 0 Å². The molecule has 0 spiro atoms. The van der Waals surface area contributed by atoms with Crippen LogP contribution in [-0.2, 0) is 12.8 Å². The van der Waals surface area contributed by atoms with Crippen molar-refractivity contribution in [1.29, 1.82) is 0 Å². The Bertz CT molecular complexity index is 360. The third-order valence-electron chi connectivity index (χ3n) is 2.41. The lowest BCUT2D eigenvalue weighted by Crippen LogP contribution is -1.96. The van der Waals surface area contributed by atoms with Gasteiger partial charge in [0.25, 0.3) is 0 Å². The molecule has 0 saturated carbocycles. The highest BCUT2D eigenvalue weighted by atomic mass is 35.5. The van der Waals surface area contributed by atoms with Crippen LogP contribution < -0.4 is 0 Å². The molecule has 0 aromatic carbocycles. The zero-order valence-electron chi connectivity index (χ0n) is 7.55. The smallest absolute Gasteiger partial charge is 0.136 e. The van der Waals surface area contributed by atoms with Crippen molar-refractivity contribution in [3.05, 3.63) is 34.9 Å². The van der Waals surface area contributed by atoms with Crippen LogP contribution in [0, 0.1) is 12.8 Å². The van der Waals surface area contributed by atoms with Crippen LogP contribution in [0.2, 0.25) is 5.15 Å². The normalized spacial score (nSPS) is 20.0. The van der Waals surface area contributed by atoms with Gasteiger partial charge in [-0.3, -0.25) is 0 Å². The van der Waals surface area contributed by atoms with Crippen LogP contribution in [0.3, 0.4) is 0 Å². The molecule has 0 fully saturated rings. The summed E-state index contributed by atoms with van der Waals surface area (Å²) >= 11 is 6.01. The fourth-order valence-electron chi connectivity index (χ4n) is 1.74. The van der Waals surface area contributed by atoms with Gasteiger partial charge in [0.15, 0.2) is 0 Å². The monoisotopic (exact) mass is 194 g/mol. The predicted octanol–water partition coefficient (Wildman–Crippen LogP) is 2.34. The van der Waals surface area contributed by atoms with Gasteiger partial charge in [0.1, 0.15) is 11.0 Å². The molecule has 1 unspecified atom stereocenters. The van der Waals surface area contributed by atoms with E-state index in [-0.39, 0.29) is 0 Å². The third kappa shape index (κ3) is 1.46. The highest BCUT2D eigenvalue weighted by Gasteiger charge is 2.23. The minimum atomic E-state index is 0.489. The molecule has 1 aliphatic carbocycles. The average Bonchev–Trinajstić information content (AvgIpc) is 2.47. The summed E-state index contributed by atoms with van der Waals surface area (Å²) < 4.78 is 0. The molecule has 0 bridgehead atoms. The number of rotatable bonds is 1. The molecular weight excluding hydrogens is 184 g/mol. The zero-order chi connectivity index (χ0) is 9.42. The summed E-state index contributed by atoms with van der Waals surface area (Å²) in [6.45, 7) is 5.65. The van der Waals surface area contributed by atoms with E-state index < -0.39 is 0 Å². The Morgan fingerprint density at radius 1 is 1.46 bits per heavy atom. The van der Waals surface area contributed by atoms with Gasteiger partial charge in [-0.25, -0.2) is 9.97 Å². The van der Waals surface area contributed by atoms with E-state index in [1.54, 1.807) is 0 Å². The maximum atomic E-state index is 6.01. The van der Waals surface area contributed by atoms with E-state index in [0.717, 1.165) is 29.9 Å². The Kier molecular flexibility index (Phi) is 2.08. The van der Waals surface area contributed by atoms with Gasteiger partial charge in [0.2, 0.25) is 0 Å². The predicted molar refractivity (Wildman–Crippen MR) is 52.9 cm³/mol. The van der Waals surface area contributed by atoms with E-state index >= 15 is 0 Å². The van der Waals surface area contributed by atoms with E-state index in [1.807, 2.05) is 13.0 Å². The summed E-state index contributed by atoms with van der Waals surface area (Å²) in [4.78, 5) is 8.50. The highest BCUT2D eigenvalue weighted by Crippen LogP contribution is 2.30. The first-order valence-corrected chi connectivity index (χ1v) is 4.73. The molecule has 1 atom stereocenters. The van der Waals surface area contributed by atoms with Crippen LogP contribution in [0.15, 0.2) is 12.7 Å². The second kappa shape index (κ2) is 3.11. The molecule has 1 aromatic heterocycles. The standard InChI is InChI=1S/C10H11ClN2/c1-3-7-4-8-9(5-7)12-6(2)13-10(8)11/h3,7H,1,4-5H2,2H3. The number of aryl methyl sites for hydroxylation is 1. The van der Waals surface area contributed by atoms with Crippen molar-refractivity contribution in [2.75, 3.05) is 0 Å². The molecule has 0 amide bonds. The Labute approximate surface area is 82.7 Å². The van der Waals surface area contributed by atoms with E-state index in [1.165, 1.54) is 0 Å².